The number of carbonyl (C=O) groups excluding carboxylic acids is 1. The van der Waals surface area contributed by atoms with Gasteiger partial charge in [0, 0.05) is 16.5 Å². The minimum absolute atomic E-state index is 0.0556. The number of carbonyl (C=O) groups is 1. The summed E-state index contributed by atoms with van der Waals surface area (Å²) in [7, 11) is 0. The Labute approximate surface area is 114 Å². The number of rotatable bonds is 3. The minimum Gasteiger partial charge on any atom is -0.461 e. The summed E-state index contributed by atoms with van der Waals surface area (Å²) in [4.78, 5) is 19.2. The molecule has 0 bridgehead atoms. The molecule has 6 nitrogen and oxygen atoms in total. The summed E-state index contributed by atoms with van der Waals surface area (Å²) in [6.07, 6.45) is 1.42. The summed E-state index contributed by atoms with van der Waals surface area (Å²) in [6.45, 7) is 2.06. The van der Waals surface area contributed by atoms with Gasteiger partial charge in [0.15, 0.2) is 0 Å². The van der Waals surface area contributed by atoms with E-state index in [1.165, 1.54) is 6.26 Å². The van der Waals surface area contributed by atoms with Gasteiger partial charge >= 0.3 is 5.97 Å². The minimum atomic E-state index is -0.430. The SMILES string of the molecule is CCOC(=O)c1[nH]c2ccccc2c1-c1coc(N)n1. The Bertz CT molecular complexity index is 773. The highest BCUT2D eigenvalue weighted by Gasteiger charge is 2.22. The molecule has 0 fully saturated rings. The van der Waals surface area contributed by atoms with Crippen LogP contribution in [-0.4, -0.2) is 22.5 Å². The molecule has 0 atom stereocenters. The first-order valence-corrected chi connectivity index (χ1v) is 6.20. The molecule has 0 aliphatic carbocycles. The molecule has 0 amide bonds. The monoisotopic (exact) mass is 271 g/mol. The fourth-order valence-corrected chi connectivity index (χ4v) is 2.17. The second-order valence-corrected chi connectivity index (χ2v) is 4.21. The van der Waals surface area contributed by atoms with Gasteiger partial charge < -0.3 is 19.9 Å². The number of hydrogen-bond donors (Lipinski definition) is 2. The van der Waals surface area contributed by atoms with Crippen LogP contribution in [0.25, 0.3) is 22.2 Å². The van der Waals surface area contributed by atoms with Gasteiger partial charge in [0.25, 0.3) is 6.01 Å². The maximum Gasteiger partial charge on any atom is 0.355 e. The van der Waals surface area contributed by atoms with Crippen molar-refractivity contribution >= 4 is 22.9 Å². The number of oxazole rings is 1. The number of nitrogen functional groups attached to an aromatic ring is 1. The summed E-state index contributed by atoms with van der Waals surface area (Å²) in [5.41, 5.74) is 7.83. The molecule has 0 unspecified atom stereocenters. The van der Waals surface area contributed by atoms with Gasteiger partial charge in [-0.15, -0.1) is 0 Å². The zero-order chi connectivity index (χ0) is 14.1. The van der Waals surface area contributed by atoms with Crippen LogP contribution in [0.3, 0.4) is 0 Å². The van der Waals surface area contributed by atoms with Gasteiger partial charge in [-0.25, -0.2) is 4.79 Å². The lowest BCUT2D eigenvalue weighted by Gasteiger charge is -2.01. The van der Waals surface area contributed by atoms with E-state index in [0.29, 0.717) is 23.6 Å². The first kappa shape index (κ1) is 12.3. The molecule has 6 heteroatoms. The summed E-state index contributed by atoms with van der Waals surface area (Å²) in [6, 6.07) is 7.60. The van der Waals surface area contributed by atoms with Crippen LogP contribution in [-0.2, 0) is 4.74 Å². The van der Waals surface area contributed by atoms with E-state index >= 15 is 0 Å². The highest BCUT2D eigenvalue weighted by molar-refractivity contribution is 6.07. The van der Waals surface area contributed by atoms with Crippen molar-refractivity contribution in [3.8, 4) is 11.3 Å². The molecule has 0 saturated heterocycles. The van der Waals surface area contributed by atoms with E-state index in [0.717, 1.165) is 10.9 Å². The Morgan fingerprint density at radius 3 is 2.95 bits per heavy atom. The van der Waals surface area contributed by atoms with Crippen LogP contribution in [0.2, 0.25) is 0 Å². The van der Waals surface area contributed by atoms with Crippen molar-refractivity contribution < 1.29 is 13.9 Å². The molecule has 0 aliphatic heterocycles. The second kappa shape index (κ2) is 4.73. The normalized spacial score (nSPS) is 10.8. The molecule has 0 spiro atoms. The zero-order valence-corrected chi connectivity index (χ0v) is 10.8. The van der Waals surface area contributed by atoms with Gasteiger partial charge in [-0.05, 0) is 13.0 Å². The number of ether oxygens (including phenoxy) is 1. The lowest BCUT2D eigenvalue weighted by molar-refractivity contribution is 0.0521. The lowest BCUT2D eigenvalue weighted by atomic mass is 10.1. The van der Waals surface area contributed by atoms with Crippen molar-refractivity contribution in [2.75, 3.05) is 12.3 Å². The van der Waals surface area contributed by atoms with Crippen LogP contribution in [0.15, 0.2) is 34.9 Å². The second-order valence-electron chi connectivity index (χ2n) is 4.21. The summed E-state index contributed by atoms with van der Waals surface area (Å²) in [5, 5.41) is 0.865. The number of aromatic nitrogens is 2. The van der Waals surface area contributed by atoms with Crippen molar-refractivity contribution in [3.05, 3.63) is 36.2 Å². The predicted octanol–water partition coefficient (Wildman–Crippen LogP) is 2.58. The number of para-hydroxylation sites is 1. The third-order valence-electron chi connectivity index (χ3n) is 2.96. The average molecular weight is 271 g/mol. The molecule has 20 heavy (non-hydrogen) atoms. The van der Waals surface area contributed by atoms with Crippen molar-refractivity contribution in [2.45, 2.75) is 6.92 Å². The summed E-state index contributed by atoms with van der Waals surface area (Å²) < 4.78 is 10.1. The number of benzene rings is 1. The van der Waals surface area contributed by atoms with Crippen LogP contribution < -0.4 is 5.73 Å². The van der Waals surface area contributed by atoms with Crippen LogP contribution in [0.5, 0.6) is 0 Å². The number of nitrogens with zero attached hydrogens (tertiary/aromatic N) is 1. The largest absolute Gasteiger partial charge is 0.461 e. The van der Waals surface area contributed by atoms with E-state index in [-0.39, 0.29) is 6.01 Å². The number of nitrogens with two attached hydrogens (primary N) is 1. The Kier molecular flexibility index (Phi) is 2.90. The van der Waals surface area contributed by atoms with Gasteiger partial charge in [0.2, 0.25) is 0 Å². The molecule has 1 aromatic carbocycles. The van der Waals surface area contributed by atoms with Crippen molar-refractivity contribution in [2.24, 2.45) is 0 Å². The number of H-pyrrole nitrogens is 1. The molecule has 0 saturated carbocycles. The van der Waals surface area contributed by atoms with Crippen LogP contribution >= 0.6 is 0 Å². The van der Waals surface area contributed by atoms with E-state index in [2.05, 4.69) is 9.97 Å². The van der Waals surface area contributed by atoms with E-state index in [9.17, 15) is 4.79 Å². The Morgan fingerprint density at radius 1 is 1.45 bits per heavy atom. The first-order chi connectivity index (χ1) is 9.70. The average Bonchev–Trinajstić information content (AvgIpc) is 3.02. The summed E-state index contributed by atoms with van der Waals surface area (Å²) >= 11 is 0. The predicted molar refractivity (Wildman–Crippen MR) is 74.2 cm³/mol. The Morgan fingerprint density at radius 2 is 2.25 bits per heavy atom. The van der Waals surface area contributed by atoms with E-state index in [4.69, 9.17) is 14.9 Å². The molecule has 3 aromatic rings. The van der Waals surface area contributed by atoms with Crippen molar-refractivity contribution in [3.63, 3.8) is 0 Å². The third kappa shape index (κ3) is 1.91. The van der Waals surface area contributed by atoms with E-state index < -0.39 is 5.97 Å². The first-order valence-electron chi connectivity index (χ1n) is 6.20. The molecule has 2 aromatic heterocycles. The van der Waals surface area contributed by atoms with Crippen molar-refractivity contribution in [1.29, 1.82) is 0 Å². The highest BCUT2D eigenvalue weighted by Crippen LogP contribution is 2.32. The molecule has 102 valence electrons. The van der Waals surface area contributed by atoms with Crippen molar-refractivity contribution in [1.82, 2.24) is 9.97 Å². The number of aromatic amines is 1. The fourth-order valence-electron chi connectivity index (χ4n) is 2.17. The number of nitrogens with one attached hydrogen (secondary N) is 1. The molecule has 3 N–H and O–H groups in total. The molecule has 2 heterocycles. The molecule has 0 aliphatic rings. The third-order valence-corrected chi connectivity index (χ3v) is 2.96. The molecular weight excluding hydrogens is 258 g/mol. The maximum absolute atomic E-state index is 12.1. The number of hydrogen-bond acceptors (Lipinski definition) is 5. The van der Waals surface area contributed by atoms with Gasteiger partial charge in [-0.3, -0.25) is 0 Å². The van der Waals surface area contributed by atoms with Gasteiger partial charge in [0.1, 0.15) is 17.7 Å². The van der Waals surface area contributed by atoms with Crippen LogP contribution in [0, 0.1) is 0 Å². The van der Waals surface area contributed by atoms with Crippen LogP contribution in [0.1, 0.15) is 17.4 Å². The van der Waals surface area contributed by atoms with Gasteiger partial charge in [0.05, 0.1) is 6.61 Å². The zero-order valence-electron chi connectivity index (χ0n) is 10.8. The quantitative estimate of drug-likeness (QED) is 0.714. The Balaban J connectivity index is 2.25. The number of fused-ring (bicyclic) bond motifs is 1. The van der Waals surface area contributed by atoms with Crippen LogP contribution in [0.4, 0.5) is 6.01 Å². The van der Waals surface area contributed by atoms with Gasteiger partial charge in [-0.1, -0.05) is 18.2 Å². The summed E-state index contributed by atoms with van der Waals surface area (Å²) in [5.74, 6) is -0.430. The topological polar surface area (TPSA) is 94.1 Å². The number of esters is 1. The fraction of sp³-hybridized carbons (Fsp3) is 0.143. The smallest absolute Gasteiger partial charge is 0.355 e. The van der Waals surface area contributed by atoms with Gasteiger partial charge in [-0.2, -0.15) is 4.98 Å². The lowest BCUT2D eigenvalue weighted by Crippen LogP contribution is -2.06. The van der Waals surface area contributed by atoms with E-state index in [1.54, 1.807) is 6.92 Å². The number of anilines is 1. The molecule has 3 rings (SSSR count). The van der Waals surface area contributed by atoms with E-state index in [1.807, 2.05) is 24.3 Å². The maximum atomic E-state index is 12.1. The highest BCUT2D eigenvalue weighted by atomic mass is 16.5. The Hall–Kier alpha value is -2.76. The molecular formula is C14H13N3O3. The molecule has 0 radical (unpaired) electrons. The standard InChI is InChI=1S/C14H13N3O3/c1-2-19-13(18)12-11(10-7-20-14(15)17-10)8-5-3-4-6-9(8)16-12/h3-7,16H,2H2,1H3,(H2,15,17).